The van der Waals surface area contributed by atoms with Gasteiger partial charge in [-0.3, -0.25) is 0 Å². The molecule has 7 heteroatoms. The molecule has 2 aromatic rings. The molecule has 1 heterocycles. The number of ether oxygens (including phenoxy) is 1. The molecule has 1 aliphatic rings. The standard InChI is InChI=1S/C22H24FN3O3/c1-21(2,3)19(26-20(27)28)22(7-8-22)13-29-16-10-17(18(23)25-12-16)15-6-4-5-14(9-15)11-24/h4-6,9-10,12,19,26H,7-8,13H2,1-3H3,(H,27,28). The molecule has 1 aromatic heterocycles. The van der Waals surface area contributed by atoms with Crippen molar-refractivity contribution in [3.63, 3.8) is 0 Å². The smallest absolute Gasteiger partial charge is 0.404 e. The first-order chi connectivity index (χ1) is 13.6. The maximum absolute atomic E-state index is 14.3. The lowest BCUT2D eigenvalue weighted by Gasteiger charge is -2.37. The quantitative estimate of drug-likeness (QED) is 0.695. The highest BCUT2D eigenvalue weighted by molar-refractivity contribution is 5.66. The van der Waals surface area contributed by atoms with E-state index in [0.29, 0.717) is 23.5 Å². The van der Waals surface area contributed by atoms with Gasteiger partial charge >= 0.3 is 6.09 Å². The van der Waals surface area contributed by atoms with Crippen LogP contribution in [0.4, 0.5) is 9.18 Å². The second kappa shape index (κ2) is 7.70. The number of carbonyl (C=O) groups is 1. The zero-order valence-corrected chi connectivity index (χ0v) is 16.7. The molecule has 1 aromatic carbocycles. The number of carboxylic acid groups (broad SMARTS) is 1. The molecular formula is C22H24FN3O3. The molecule has 1 fully saturated rings. The van der Waals surface area contributed by atoms with Crippen LogP contribution >= 0.6 is 0 Å². The number of aromatic nitrogens is 1. The highest BCUT2D eigenvalue weighted by Crippen LogP contribution is 2.53. The molecule has 0 spiro atoms. The van der Waals surface area contributed by atoms with Crippen molar-refractivity contribution in [2.24, 2.45) is 10.8 Å². The van der Waals surface area contributed by atoms with Gasteiger partial charge in [-0.15, -0.1) is 0 Å². The van der Waals surface area contributed by atoms with Crippen molar-refractivity contribution in [1.29, 1.82) is 5.26 Å². The van der Waals surface area contributed by atoms with E-state index >= 15 is 0 Å². The van der Waals surface area contributed by atoms with Gasteiger partial charge in [0.15, 0.2) is 0 Å². The lowest BCUT2D eigenvalue weighted by atomic mass is 9.77. The highest BCUT2D eigenvalue weighted by atomic mass is 19.1. The molecular weight excluding hydrogens is 373 g/mol. The average Bonchev–Trinajstić information content (AvgIpc) is 3.45. The lowest BCUT2D eigenvalue weighted by Crippen LogP contribution is -2.51. The van der Waals surface area contributed by atoms with E-state index < -0.39 is 12.0 Å². The summed E-state index contributed by atoms with van der Waals surface area (Å²) in [5, 5.41) is 20.9. The second-order valence-electron chi connectivity index (χ2n) is 8.60. The molecule has 0 bridgehead atoms. The van der Waals surface area contributed by atoms with Gasteiger partial charge in [0.2, 0.25) is 5.95 Å². The third-order valence-electron chi connectivity index (χ3n) is 5.28. The van der Waals surface area contributed by atoms with Crippen LogP contribution in [-0.4, -0.2) is 28.8 Å². The molecule has 1 aliphatic carbocycles. The summed E-state index contributed by atoms with van der Waals surface area (Å²) in [6.45, 7) is 6.29. The number of halogens is 1. The topological polar surface area (TPSA) is 95.2 Å². The van der Waals surface area contributed by atoms with E-state index in [1.165, 1.54) is 6.20 Å². The maximum Gasteiger partial charge on any atom is 0.404 e. The molecule has 3 rings (SSSR count). The summed E-state index contributed by atoms with van der Waals surface area (Å²) < 4.78 is 20.2. The second-order valence-corrected chi connectivity index (χ2v) is 8.60. The SMILES string of the molecule is CC(C)(C)C(NC(=O)O)C1(COc2cnc(F)c(-c3cccc(C#N)c3)c2)CC1. The van der Waals surface area contributed by atoms with Crippen LogP contribution in [0.15, 0.2) is 36.5 Å². The Balaban J connectivity index is 1.81. The summed E-state index contributed by atoms with van der Waals surface area (Å²) >= 11 is 0. The van der Waals surface area contributed by atoms with Crippen LogP contribution in [0.1, 0.15) is 39.2 Å². The Morgan fingerprint density at radius 1 is 1.41 bits per heavy atom. The van der Waals surface area contributed by atoms with Gasteiger partial charge in [0.05, 0.1) is 24.4 Å². The van der Waals surface area contributed by atoms with Crippen LogP contribution in [0.25, 0.3) is 11.1 Å². The van der Waals surface area contributed by atoms with Crippen LogP contribution in [0.2, 0.25) is 0 Å². The number of nitriles is 1. The summed E-state index contributed by atoms with van der Waals surface area (Å²) in [6, 6.07) is 9.96. The largest absolute Gasteiger partial charge is 0.491 e. The summed E-state index contributed by atoms with van der Waals surface area (Å²) in [4.78, 5) is 15.1. The monoisotopic (exact) mass is 397 g/mol. The Morgan fingerprint density at radius 2 is 2.14 bits per heavy atom. The fourth-order valence-electron chi connectivity index (χ4n) is 3.78. The first kappa shape index (κ1) is 20.6. The minimum atomic E-state index is -1.06. The van der Waals surface area contributed by atoms with Crippen LogP contribution in [0.3, 0.4) is 0 Å². The van der Waals surface area contributed by atoms with E-state index in [1.807, 2.05) is 26.8 Å². The van der Waals surface area contributed by atoms with E-state index in [1.54, 1.807) is 30.3 Å². The summed E-state index contributed by atoms with van der Waals surface area (Å²) in [5.41, 5.74) is 0.646. The normalized spacial score (nSPS) is 15.8. The molecule has 29 heavy (non-hydrogen) atoms. The Bertz CT molecular complexity index is 959. The average molecular weight is 397 g/mol. The van der Waals surface area contributed by atoms with Gasteiger partial charge in [-0.2, -0.15) is 9.65 Å². The molecule has 6 nitrogen and oxygen atoms in total. The van der Waals surface area contributed by atoms with Crippen molar-refractivity contribution in [2.45, 2.75) is 39.7 Å². The number of nitrogens with one attached hydrogen (secondary N) is 1. The molecule has 0 saturated heterocycles. The van der Waals surface area contributed by atoms with Crippen LogP contribution in [-0.2, 0) is 0 Å². The fourth-order valence-corrected chi connectivity index (χ4v) is 3.78. The van der Waals surface area contributed by atoms with E-state index in [-0.39, 0.29) is 22.4 Å². The fraction of sp³-hybridized carbons (Fsp3) is 0.409. The van der Waals surface area contributed by atoms with Crippen molar-refractivity contribution >= 4 is 6.09 Å². The van der Waals surface area contributed by atoms with E-state index in [4.69, 9.17) is 10.00 Å². The minimum absolute atomic E-state index is 0.250. The van der Waals surface area contributed by atoms with Crippen molar-refractivity contribution < 1.29 is 19.0 Å². The lowest BCUT2D eigenvalue weighted by molar-refractivity contribution is 0.110. The van der Waals surface area contributed by atoms with E-state index in [0.717, 1.165) is 12.8 Å². The zero-order chi connectivity index (χ0) is 21.2. The highest BCUT2D eigenvalue weighted by Gasteiger charge is 2.54. The predicted octanol–water partition coefficient (Wildman–Crippen LogP) is 4.60. The number of hydrogen-bond donors (Lipinski definition) is 2. The number of pyridine rings is 1. The number of rotatable bonds is 6. The van der Waals surface area contributed by atoms with Crippen LogP contribution in [0.5, 0.6) is 5.75 Å². The number of nitrogens with zero attached hydrogens (tertiary/aromatic N) is 2. The molecule has 1 amide bonds. The van der Waals surface area contributed by atoms with Crippen LogP contribution in [0, 0.1) is 28.1 Å². The number of amides is 1. The van der Waals surface area contributed by atoms with Crippen molar-refractivity contribution in [3.05, 3.63) is 48.0 Å². The molecule has 1 atom stereocenters. The minimum Gasteiger partial charge on any atom is -0.491 e. The summed E-state index contributed by atoms with van der Waals surface area (Å²) in [6.07, 6.45) is 1.96. The third-order valence-corrected chi connectivity index (χ3v) is 5.28. The molecule has 2 N–H and O–H groups in total. The molecule has 0 radical (unpaired) electrons. The summed E-state index contributed by atoms with van der Waals surface area (Å²) in [7, 11) is 0. The zero-order valence-electron chi connectivity index (χ0n) is 16.7. The molecule has 0 aliphatic heterocycles. The van der Waals surface area contributed by atoms with Gasteiger partial charge in [-0.1, -0.05) is 32.9 Å². The molecule has 1 unspecified atom stereocenters. The van der Waals surface area contributed by atoms with Crippen molar-refractivity contribution in [2.75, 3.05) is 6.61 Å². The van der Waals surface area contributed by atoms with Crippen LogP contribution < -0.4 is 10.1 Å². The Labute approximate surface area is 169 Å². The maximum atomic E-state index is 14.3. The van der Waals surface area contributed by atoms with Gasteiger partial charge in [0.1, 0.15) is 5.75 Å². The van der Waals surface area contributed by atoms with E-state index in [2.05, 4.69) is 10.3 Å². The van der Waals surface area contributed by atoms with Crippen molar-refractivity contribution in [1.82, 2.24) is 10.3 Å². The summed E-state index contributed by atoms with van der Waals surface area (Å²) in [5.74, 6) is -0.244. The van der Waals surface area contributed by atoms with Gasteiger partial charge in [0, 0.05) is 17.0 Å². The first-order valence-electron chi connectivity index (χ1n) is 9.43. The Morgan fingerprint density at radius 3 is 2.72 bits per heavy atom. The van der Waals surface area contributed by atoms with Crippen molar-refractivity contribution in [3.8, 4) is 22.9 Å². The van der Waals surface area contributed by atoms with E-state index in [9.17, 15) is 14.3 Å². The molecule has 1 saturated carbocycles. The number of benzene rings is 1. The first-order valence-corrected chi connectivity index (χ1v) is 9.43. The van der Waals surface area contributed by atoms with Gasteiger partial charge < -0.3 is 15.2 Å². The van der Waals surface area contributed by atoms with Gasteiger partial charge in [-0.05, 0) is 42.0 Å². The Hall–Kier alpha value is -3.14. The Kier molecular flexibility index (Phi) is 5.47. The molecule has 152 valence electrons. The third kappa shape index (κ3) is 4.65. The van der Waals surface area contributed by atoms with Gasteiger partial charge in [-0.25, -0.2) is 9.78 Å². The number of hydrogen-bond acceptors (Lipinski definition) is 4. The predicted molar refractivity (Wildman–Crippen MR) is 106 cm³/mol. The van der Waals surface area contributed by atoms with Gasteiger partial charge in [0.25, 0.3) is 0 Å².